The number of esters is 3. The number of aromatic nitrogens is 1. The molecule has 3 fully saturated rings. The lowest BCUT2D eigenvalue weighted by Gasteiger charge is -2.56. The van der Waals surface area contributed by atoms with Gasteiger partial charge in [-0.15, -0.1) is 11.3 Å². The minimum atomic E-state index is -4.11. The molecular formula is C27H33N3O11S2. The molecular weight excluding hydrogens is 606 g/mol. The Morgan fingerprint density at radius 2 is 1.95 bits per heavy atom. The largest absolute Gasteiger partial charge is 0.457 e. The predicted octanol–water partition coefficient (Wildman–Crippen LogP) is 1.45. The average Bonchev–Trinajstić information content (AvgIpc) is 3.44. The number of fused-ring (bicyclic) bond motifs is 3. The van der Waals surface area contributed by atoms with Gasteiger partial charge in [-0.3, -0.25) is 19.3 Å². The van der Waals surface area contributed by atoms with Gasteiger partial charge in [0.1, 0.15) is 17.9 Å². The van der Waals surface area contributed by atoms with Gasteiger partial charge in [-0.2, -0.15) is 0 Å². The SMILES string of the molecule is CC(C)=CCOC(=O)[C@]12OC(=O)C[C@H]1CS(=O)(=O)[C@@H]1[C@H](CC(=O)/C(=N\OCC(=O)OC(C)(C)C)c3csc(C)n3)C(=O)N12. The molecule has 4 rings (SSSR count). The van der Waals surface area contributed by atoms with E-state index in [0.717, 1.165) is 10.5 Å². The summed E-state index contributed by atoms with van der Waals surface area (Å²) in [5.41, 5.74) is -2.41. The fourth-order valence-corrected chi connectivity index (χ4v) is 8.13. The number of hydrogen-bond acceptors (Lipinski definition) is 14. The van der Waals surface area contributed by atoms with Crippen LogP contribution >= 0.6 is 11.3 Å². The molecule has 0 spiro atoms. The standard InChI is InChI=1S/C27H33N3O11S2/c1-14(2)7-8-38-25(35)27-16(9-20(32)41-27)13-43(36,37)24-17(23(34)30(24)27)10-19(31)22(18-12-42-15(3)28-18)29-39-11-21(33)40-26(4,5)6/h7,12,16-17,24H,8-11,13H2,1-6H3/b29-22-/t16-,17+,24+,27+/m0/s1. The minimum Gasteiger partial charge on any atom is -0.457 e. The Labute approximate surface area is 252 Å². The highest BCUT2D eigenvalue weighted by Crippen LogP contribution is 2.52. The van der Waals surface area contributed by atoms with E-state index in [4.69, 9.17) is 19.0 Å². The molecule has 14 nitrogen and oxygen atoms in total. The van der Waals surface area contributed by atoms with Crippen molar-refractivity contribution in [3.8, 4) is 0 Å². The van der Waals surface area contributed by atoms with Crippen LogP contribution in [0, 0.1) is 18.8 Å². The molecule has 1 aromatic heterocycles. The van der Waals surface area contributed by atoms with Crippen molar-refractivity contribution in [2.45, 2.75) is 71.1 Å². The van der Waals surface area contributed by atoms with Crippen LogP contribution in [0.4, 0.5) is 0 Å². The highest BCUT2D eigenvalue weighted by atomic mass is 32.2. The van der Waals surface area contributed by atoms with Crippen LogP contribution < -0.4 is 0 Å². The zero-order valence-corrected chi connectivity index (χ0v) is 26.2. The summed E-state index contributed by atoms with van der Waals surface area (Å²) in [4.78, 5) is 74.7. The van der Waals surface area contributed by atoms with Crippen LogP contribution in [-0.4, -0.2) is 89.3 Å². The van der Waals surface area contributed by atoms with E-state index in [1.165, 1.54) is 16.7 Å². The maximum Gasteiger partial charge on any atom is 0.373 e. The minimum absolute atomic E-state index is 0.107. The molecule has 0 radical (unpaired) electrons. The third-order valence-electron chi connectivity index (χ3n) is 6.84. The molecule has 3 saturated heterocycles. The average molecular weight is 640 g/mol. The monoisotopic (exact) mass is 639 g/mol. The normalized spacial score (nSPS) is 26.0. The molecule has 1 aromatic rings. The van der Waals surface area contributed by atoms with Crippen molar-refractivity contribution in [3.05, 3.63) is 27.7 Å². The van der Waals surface area contributed by atoms with Crippen LogP contribution in [0.3, 0.4) is 0 Å². The fourth-order valence-electron chi connectivity index (χ4n) is 5.13. The van der Waals surface area contributed by atoms with E-state index in [1.807, 2.05) is 0 Å². The van der Waals surface area contributed by atoms with Crippen LogP contribution in [0.15, 0.2) is 22.2 Å². The van der Waals surface area contributed by atoms with Crippen molar-refractivity contribution in [2.24, 2.45) is 17.0 Å². The Morgan fingerprint density at radius 3 is 2.56 bits per heavy atom. The Balaban J connectivity index is 1.59. The summed E-state index contributed by atoms with van der Waals surface area (Å²) in [6.07, 6.45) is 0.570. The van der Waals surface area contributed by atoms with E-state index in [1.54, 1.807) is 47.6 Å². The molecule has 0 saturated carbocycles. The molecule has 3 aliphatic rings. The number of rotatable bonds is 10. The topological polar surface area (TPSA) is 185 Å². The number of Topliss-reactive ketones (excluding diaryl/α,β-unsaturated/α-hetero) is 1. The maximum absolute atomic E-state index is 13.5. The molecule has 1 amide bonds. The fraction of sp³-hybridized carbons (Fsp3) is 0.593. The number of allylic oxidation sites excluding steroid dienone is 1. The summed E-state index contributed by atoms with van der Waals surface area (Å²) in [5, 5.41) is 4.28. The first-order chi connectivity index (χ1) is 20.0. The number of carbonyl (C=O) groups is 5. The van der Waals surface area contributed by atoms with E-state index in [9.17, 15) is 32.4 Å². The highest BCUT2D eigenvalue weighted by molar-refractivity contribution is 7.92. The number of nitrogens with zero attached hydrogens (tertiary/aromatic N) is 3. The first-order valence-electron chi connectivity index (χ1n) is 13.4. The number of oxime groups is 1. The number of thiazole rings is 1. The van der Waals surface area contributed by atoms with Crippen molar-refractivity contribution in [1.82, 2.24) is 9.88 Å². The number of ether oxygens (including phenoxy) is 3. The van der Waals surface area contributed by atoms with Gasteiger partial charge in [0.15, 0.2) is 26.7 Å². The van der Waals surface area contributed by atoms with Crippen LogP contribution in [0.25, 0.3) is 0 Å². The van der Waals surface area contributed by atoms with Crippen LogP contribution in [-0.2, 0) is 52.9 Å². The van der Waals surface area contributed by atoms with Gasteiger partial charge in [-0.05, 0) is 47.6 Å². The van der Waals surface area contributed by atoms with Gasteiger partial charge in [-0.25, -0.2) is 23.0 Å². The second-order valence-corrected chi connectivity index (χ2v) is 14.9. The Bertz CT molecular complexity index is 1520. The number of ketones is 1. The maximum atomic E-state index is 13.5. The molecule has 16 heteroatoms. The summed E-state index contributed by atoms with van der Waals surface area (Å²) in [5.74, 6) is -7.50. The van der Waals surface area contributed by atoms with E-state index in [2.05, 4.69) is 10.1 Å². The summed E-state index contributed by atoms with van der Waals surface area (Å²) in [6, 6.07) is 0. The second-order valence-electron chi connectivity index (χ2n) is 11.7. The van der Waals surface area contributed by atoms with E-state index < -0.39 is 93.2 Å². The first kappa shape index (κ1) is 32.3. The van der Waals surface area contributed by atoms with Crippen molar-refractivity contribution in [3.63, 3.8) is 0 Å². The summed E-state index contributed by atoms with van der Waals surface area (Å²) in [6.45, 7) is 9.46. The zero-order valence-electron chi connectivity index (χ0n) is 24.6. The van der Waals surface area contributed by atoms with Crippen LogP contribution in [0.2, 0.25) is 0 Å². The van der Waals surface area contributed by atoms with Crippen molar-refractivity contribution >= 4 is 56.5 Å². The van der Waals surface area contributed by atoms with Crippen molar-refractivity contribution in [1.29, 1.82) is 0 Å². The summed E-state index contributed by atoms with van der Waals surface area (Å²) < 4.78 is 42.5. The highest BCUT2D eigenvalue weighted by Gasteiger charge is 2.75. The van der Waals surface area contributed by atoms with Gasteiger partial charge < -0.3 is 19.0 Å². The summed E-state index contributed by atoms with van der Waals surface area (Å²) >= 11 is 1.21. The molecule has 4 heterocycles. The number of carbonyl (C=O) groups excluding carboxylic acids is 5. The third kappa shape index (κ3) is 6.49. The number of aryl methyl sites for hydroxylation is 1. The van der Waals surface area contributed by atoms with Crippen molar-refractivity contribution < 1.29 is 51.4 Å². The zero-order chi connectivity index (χ0) is 31.9. The third-order valence-corrected chi connectivity index (χ3v) is 9.75. The van der Waals surface area contributed by atoms with Gasteiger partial charge in [0.05, 0.1) is 29.0 Å². The first-order valence-corrected chi connectivity index (χ1v) is 16.0. The molecule has 0 aromatic carbocycles. The molecule has 0 N–H and O–H groups in total. The van der Waals surface area contributed by atoms with E-state index in [-0.39, 0.29) is 18.0 Å². The Hall–Kier alpha value is -3.66. The quantitative estimate of drug-likeness (QED) is 0.0898. The second kappa shape index (κ2) is 11.8. The number of sulfone groups is 1. The van der Waals surface area contributed by atoms with E-state index >= 15 is 0 Å². The Morgan fingerprint density at radius 1 is 1.26 bits per heavy atom. The van der Waals surface area contributed by atoms with Gasteiger partial charge in [-0.1, -0.05) is 10.7 Å². The Kier molecular flexibility index (Phi) is 8.84. The number of hydrogen-bond donors (Lipinski definition) is 0. The molecule has 4 atom stereocenters. The molecule has 0 unspecified atom stereocenters. The van der Waals surface area contributed by atoms with Crippen molar-refractivity contribution in [2.75, 3.05) is 19.0 Å². The number of amides is 1. The molecule has 0 aliphatic carbocycles. The lowest BCUT2D eigenvalue weighted by Crippen LogP contribution is -2.79. The smallest absolute Gasteiger partial charge is 0.373 e. The molecule has 43 heavy (non-hydrogen) atoms. The molecule has 3 aliphatic heterocycles. The van der Waals surface area contributed by atoms with Gasteiger partial charge in [0, 0.05) is 11.8 Å². The van der Waals surface area contributed by atoms with E-state index in [0.29, 0.717) is 5.01 Å². The lowest BCUT2D eigenvalue weighted by molar-refractivity contribution is -0.223. The van der Waals surface area contributed by atoms with Gasteiger partial charge in [0.2, 0.25) is 12.5 Å². The predicted molar refractivity (Wildman–Crippen MR) is 150 cm³/mol. The van der Waals surface area contributed by atoms with Gasteiger partial charge in [0.25, 0.3) is 5.72 Å². The van der Waals surface area contributed by atoms with Crippen LogP contribution in [0.5, 0.6) is 0 Å². The lowest BCUT2D eigenvalue weighted by atomic mass is 9.84. The number of β-lactam (4-membered cyclic amide) rings is 1. The summed E-state index contributed by atoms with van der Waals surface area (Å²) in [7, 11) is -4.11. The van der Waals surface area contributed by atoms with Gasteiger partial charge >= 0.3 is 17.9 Å². The molecule has 0 bridgehead atoms. The molecule has 234 valence electrons. The van der Waals surface area contributed by atoms with Crippen LogP contribution in [0.1, 0.15) is 58.2 Å².